The molecule has 2 aromatic rings. The van der Waals surface area contributed by atoms with Crippen molar-refractivity contribution < 1.29 is 13.9 Å². The predicted molar refractivity (Wildman–Crippen MR) is 103 cm³/mol. The third-order valence-corrected chi connectivity index (χ3v) is 5.46. The van der Waals surface area contributed by atoms with Crippen LogP contribution in [0.5, 0.6) is 0 Å². The average molecular weight is 463 g/mol. The summed E-state index contributed by atoms with van der Waals surface area (Å²) in [5, 5.41) is 0.0872. The number of carbonyl (C=O) groups excluding carboxylic acids is 1. The smallest absolute Gasteiger partial charge is 0.410 e. The first-order valence-corrected chi connectivity index (χ1v) is 9.43. The second-order valence-corrected chi connectivity index (χ2v) is 8.70. The molecule has 1 aliphatic rings. The van der Waals surface area contributed by atoms with Gasteiger partial charge in [-0.2, -0.15) is 0 Å². The van der Waals surface area contributed by atoms with Crippen LogP contribution in [0.2, 0.25) is 5.02 Å². The van der Waals surface area contributed by atoms with Crippen molar-refractivity contribution in [2.75, 3.05) is 13.1 Å². The monoisotopic (exact) mass is 461 g/mol. The molecule has 0 atom stereocenters. The van der Waals surface area contributed by atoms with Gasteiger partial charge < -0.3 is 19.2 Å². The van der Waals surface area contributed by atoms with Gasteiger partial charge in [0.05, 0.1) is 15.0 Å². The lowest BCUT2D eigenvalue weighted by molar-refractivity contribution is -0.00330. The topological polar surface area (TPSA) is 84.4 Å². The van der Waals surface area contributed by atoms with E-state index < -0.39 is 28.6 Å². The number of hydrogen-bond acceptors (Lipinski definition) is 4. The highest BCUT2D eigenvalue weighted by Crippen LogP contribution is 2.31. The zero-order valence-corrected chi connectivity index (χ0v) is 17.3. The number of aromatic nitrogens is 2. The Morgan fingerprint density at radius 1 is 1.41 bits per heavy atom. The number of likely N-dealkylation sites (tertiary alicyclic amines) is 1. The number of amides is 1. The van der Waals surface area contributed by atoms with Crippen LogP contribution in [0.1, 0.15) is 20.8 Å². The molecule has 0 aliphatic carbocycles. The number of ether oxygens (including phenoxy) is 1. The summed E-state index contributed by atoms with van der Waals surface area (Å²) < 4.78 is 20.9. The van der Waals surface area contributed by atoms with E-state index in [2.05, 4.69) is 20.9 Å². The Hall–Kier alpha value is -1.87. The molecule has 3 rings (SSSR count). The molecule has 1 aromatic carbocycles. The molecule has 10 heteroatoms. The van der Waals surface area contributed by atoms with Crippen LogP contribution in [0.25, 0.3) is 11.0 Å². The molecule has 1 amide bonds. The minimum absolute atomic E-state index is 0.0114. The third kappa shape index (κ3) is 3.89. The van der Waals surface area contributed by atoms with E-state index in [4.69, 9.17) is 16.3 Å². The van der Waals surface area contributed by atoms with Crippen LogP contribution in [0.4, 0.5) is 9.18 Å². The van der Waals surface area contributed by atoms with Crippen LogP contribution in [0.3, 0.4) is 0 Å². The highest BCUT2D eigenvalue weighted by atomic mass is 79.9. The number of benzene rings is 1. The second-order valence-electron chi connectivity index (χ2n) is 7.50. The predicted octanol–water partition coefficient (Wildman–Crippen LogP) is 3.11. The Morgan fingerprint density at radius 3 is 2.63 bits per heavy atom. The number of rotatable bonds is 2. The van der Waals surface area contributed by atoms with E-state index in [1.165, 1.54) is 15.5 Å². The number of nitrogens with zero attached hydrogens (tertiary/aromatic N) is 2. The minimum Gasteiger partial charge on any atom is -0.444 e. The zero-order chi connectivity index (χ0) is 20.1. The SMILES string of the molecule is CC(C)(C)OC(=O)N1CC(Cn2c(=O)c(=O)[nH]c3c(F)c(Br)c(Cl)cc32)C1. The molecule has 1 saturated heterocycles. The molecule has 1 aliphatic heterocycles. The van der Waals surface area contributed by atoms with E-state index in [1.54, 1.807) is 20.8 Å². The summed E-state index contributed by atoms with van der Waals surface area (Å²) in [5.74, 6) is -0.807. The van der Waals surface area contributed by atoms with Crippen molar-refractivity contribution in [2.24, 2.45) is 5.92 Å². The summed E-state index contributed by atoms with van der Waals surface area (Å²) in [4.78, 5) is 40.0. The molecule has 1 N–H and O–H groups in total. The lowest BCUT2D eigenvalue weighted by Gasteiger charge is -2.40. The van der Waals surface area contributed by atoms with Crippen LogP contribution in [-0.2, 0) is 11.3 Å². The first kappa shape index (κ1) is 19.9. The summed E-state index contributed by atoms with van der Waals surface area (Å²) in [5.41, 5.74) is -2.21. The Kier molecular flexibility index (Phi) is 5.11. The fourth-order valence-corrected chi connectivity index (χ4v) is 3.41. The largest absolute Gasteiger partial charge is 0.444 e. The summed E-state index contributed by atoms with van der Waals surface area (Å²) in [6.07, 6.45) is -0.431. The van der Waals surface area contributed by atoms with Gasteiger partial charge >= 0.3 is 17.2 Å². The lowest BCUT2D eigenvalue weighted by atomic mass is 10.0. The minimum atomic E-state index is -0.918. The highest BCUT2D eigenvalue weighted by Gasteiger charge is 2.34. The standard InChI is InChI=1S/C17H18BrClFN3O4/c1-17(2,3)27-16(26)22-5-8(6-22)7-23-10-4-9(19)11(18)12(20)13(10)21-14(24)15(23)25/h4,8H,5-7H2,1-3H3,(H,21,24). The lowest BCUT2D eigenvalue weighted by Crippen LogP contribution is -2.54. The Morgan fingerprint density at radius 2 is 2.04 bits per heavy atom. The molecule has 0 bridgehead atoms. The number of hydrogen-bond donors (Lipinski definition) is 1. The van der Waals surface area contributed by atoms with E-state index in [0.717, 1.165) is 0 Å². The number of fused-ring (bicyclic) bond motifs is 1. The molecule has 1 aromatic heterocycles. The van der Waals surface area contributed by atoms with Gasteiger partial charge in [-0.05, 0) is 42.8 Å². The zero-order valence-electron chi connectivity index (χ0n) is 14.9. The van der Waals surface area contributed by atoms with Gasteiger partial charge in [0.2, 0.25) is 0 Å². The van der Waals surface area contributed by atoms with Gasteiger partial charge in [0.15, 0.2) is 5.82 Å². The van der Waals surface area contributed by atoms with Crippen molar-refractivity contribution >= 4 is 44.7 Å². The van der Waals surface area contributed by atoms with Gasteiger partial charge in [-0.1, -0.05) is 11.6 Å². The van der Waals surface area contributed by atoms with Crippen molar-refractivity contribution in [2.45, 2.75) is 32.9 Å². The molecule has 0 spiro atoms. The molecule has 146 valence electrons. The van der Waals surface area contributed by atoms with Gasteiger partial charge in [-0.15, -0.1) is 0 Å². The van der Waals surface area contributed by atoms with E-state index in [9.17, 15) is 18.8 Å². The van der Waals surface area contributed by atoms with E-state index in [1.807, 2.05) is 0 Å². The van der Waals surface area contributed by atoms with E-state index in [-0.39, 0.29) is 33.0 Å². The van der Waals surface area contributed by atoms with Crippen LogP contribution in [-0.4, -0.2) is 39.2 Å². The summed E-state index contributed by atoms with van der Waals surface area (Å²) in [6, 6.07) is 1.42. The fourth-order valence-electron chi connectivity index (χ4n) is 2.91. The average Bonchev–Trinajstić information content (AvgIpc) is 2.51. The van der Waals surface area contributed by atoms with Gasteiger partial charge in [0.25, 0.3) is 0 Å². The maximum Gasteiger partial charge on any atom is 0.410 e. The molecule has 1 fully saturated rings. The van der Waals surface area contributed by atoms with E-state index in [0.29, 0.717) is 13.1 Å². The van der Waals surface area contributed by atoms with Crippen molar-refractivity contribution in [1.82, 2.24) is 14.5 Å². The van der Waals surface area contributed by atoms with Crippen LogP contribution in [0, 0.1) is 11.7 Å². The summed E-state index contributed by atoms with van der Waals surface area (Å²) >= 11 is 9.02. The third-order valence-electron chi connectivity index (χ3n) is 4.16. The van der Waals surface area contributed by atoms with Gasteiger partial charge in [-0.25, -0.2) is 9.18 Å². The molecule has 7 nitrogen and oxygen atoms in total. The molecule has 0 saturated carbocycles. The molecule has 2 heterocycles. The van der Waals surface area contributed by atoms with Crippen LogP contribution < -0.4 is 11.1 Å². The number of carbonyl (C=O) groups is 1. The Labute approximate surface area is 167 Å². The van der Waals surface area contributed by atoms with E-state index >= 15 is 0 Å². The summed E-state index contributed by atoms with van der Waals surface area (Å²) in [6.45, 7) is 6.25. The Balaban J connectivity index is 1.87. The van der Waals surface area contributed by atoms with Crippen LogP contribution >= 0.6 is 27.5 Å². The van der Waals surface area contributed by atoms with Crippen molar-refractivity contribution in [1.29, 1.82) is 0 Å². The van der Waals surface area contributed by atoms with Crippen LogP contribution in [0.15, 0.2) is 20.1 Å². The number of H-pyrrole nitrogens is 1. The van der Waals surface area contributed by atoms with Gasteiger partial charge in [0, 0.05) is 25.6 Å². The maximum absolute atomic E-state index is 14.4. The highest BCUT2D eigenvalue weighted by molar-refractivity contribution is 9.10. The molecule has 0 radical (unpaired) electrons. The molecular formula is C17H18BrClFN3O4. The fraction of sp³-hybridized carbons (Fsp3) is 0.471. The Bertz CT molecular complexity index is 1040. The van der Waals surface area contributed by atoms with Crippen molar-refractivity contribution in [3.8, 4) is 0 Å². The number of halogens is 3. The molecule has 0 unspecified atom stereocenters. The molecular weight excluding hydrogens is 445 g/mol. The molecule has 27 heavy (non-hydrogen) atoms. The second kappa shape index (κ2) is 6.94. The van der Waals surface area contributed by atoms with Gasteiger partial charge in [0.1, 0.15) is 11.1 Å². The van der Waals surface area contributed by atoms with Crippen molar-refractivity contribution in [3.05, 3.63) is 42.1 Å². The first-order chi connectivity index (χ1) is 12.5. The normalized spacial score (nSPS) is 15.1. The first-order valence-electron chi connectivity index (χ1n) is 8.26. The van der Waals surface area contributed by atoms with Gasteiger partial charge in [-0.3, -0.25) is 9.59 Å². The number of nitrogens with one attached hydrogen (secondary N) is 1. The maximum atomic E-state index is 14.4. The number of aromatic amines is 1. The van der Waals surface area contributed by atoms with Crippen molar-refractivity contribution in [3.63, 3.8) is 0 Å². The quantitative estimate of drug-likeness (QED) is 0.549. The summed E-state index contributed by atoms with van der Waals surface area (Å²) in [7, 11) is 0.